The van der Waals surface area contributed by atoms with Gasteiger partial charge in [-0.25, -0.2) is 0 Å². The highest BCUT2D eigenvalue weighted by atomic mass is 32.1. The van der Waals surface area contributed by atoms with Crippen LogP contribution in [0.1, 0.15) is 34.0 Å². The van der Waals surface area contributed by atoms with E-state index < -0.39 is 0 Å². The van der Waals surface area contributed by atoms with E-state index in [1.165, 1.54) is 16.2 Å². The third-order valence-electron chi connectivity index (χ3n) is 2.19. The Kier molecular flexibility index (Phi) is 5.37. The molecule has 3 N–H and O–H groups in total. The molecule has 1 amide bonds. The molecule has 94 valence electrons. The third-order valence-corrected chi connectivity index (χ3v) is 3.82. The van der Waals surface area contributed by atoms with Gasteiger partial charge in [0, 0.05) is 11.4 Å². The Morgan fingerprint density at radius 3 is 2.65 bits per heavy atom. The molecular formula is C11H17N3OS2. The highest BCUT2D eigenvalue weighted by Gasteiger charge is 2.11. The van der Waals surface area contributed by atoms with E-state index in [-0.39, 0.29) is 5.91 Å². The number of rotatable bonds is 3. The van der Waals surface area contributed by atoms with Crippen LogP contribution < -0.4 is 16.2 Å². The van der Waals surface area contributed by atoms with Gasteiger partial charge in [-0.1, -0.05) is 6.92 Å². The van der Waals surface area contributed by atoms with E-state index >= 15 is 0 Å². The molecule has 0 aliphatic heterocycles. The number of aryl methyl sites for hydroxylation is 2. The Morgan fingerprint density at radius 2 is 2.12 bits per heavy atom. The normalized spacial score (nSPS) is 9.82. The first-order valence-electron chi connectivity index (χ1n) is 5.52. The molecule has 1 aromatic rings. The van der Waals surface area contributed by atoms with Crippen LogP contribution in [0.2, 0.25) is 0 Å². The predicted molar refractivity (Wildman–Crippen MR) is 75.3 cm³/mol. The molecule has 0 aromatic carbocycles. The second kappa shape index (κ2) is 6.56. The zero-order chi connectivity index (χ0) is 12.8. The van der Waals surface area contributed by atoms with Crippen LogP contribution >= 0.6 is 23.6 Å². The Morgan fingerprint density at radius 1 is 1.41 bits per heavy atom. The van der Waals surface area contributed by atoms with Gasteiger partial charge in [0.1, 0.15) is 0 Å². The highest BCUT2D eigenvalue weighted by molar-refractivity contribution is 7.80. The largest absolute Gasteiger partial charge is 0.362 e. The van der Waals surface area contributed by atoms with Gasteiger partial charge in [0.15, 0.2) is 5.11 Å². The van der Waals surface area contributed by atoms with Crippen molar-refractivity contribution in [3.63, 3.8) is 0 Å². The van der Waals surface area contributed by atoms with Gasteiger partial charge in [-0.15, -0.1) is 11.3 Å². The summed E-state index contributed by atoms with van der Waals surface area (Å²) in [6.45, 7) is 6.76. The second-order valence-corrected chi connectivity index (χ2v) is 5.05. The van der Waals surface area contributed by atoms with Crippen LogP contribution in [-0.2, 0) is 6.42 Å². The molecule has 0 saturated carbocycles. The SMILES string of the molecule is CCNC(=S)NNC(=O)c1cc(C)c(CC)s1. The van der Waals surface area contributed by atoms with Crippen LogP contribution in [0.15, 0.2) is 6.07 Å². The van der Waals surface area contributed by atoms with Gasteiger partial charge in [-0.2, -0.15) is 0 Å². The number of hydrogen-bond acceptors (Lipinski definition) is 3. The molecule has 1 aromatic heterocycles. The summed E-state index contributed by atoms with van der Waals surface area (Å²) < 4.78 is 0. The van der Waals surface area contributed by atoms with Crippen molar-refractivity contribution in [3.8, 4) is 0 Å². The van der Waals surface area contributed by atoms with Gasteiger partial charge in [0.25, 0.3) is 5.91 Å². The zero-order valence-electron chi connectivity index (χ0n) is 10.2. The number of carbonyl (C=O) groups is 1. The third kappa shape index (κ3) is 3.98. The number of thiocarbonyl (C=S) groups is 1. The maximum Gasteiger partial charge on any atom is 0.279 e. The van der Waals surface area contributed by atoms with Gasteiger partial charge in [-0.05, 0) is 44.1 Å². The fourth-order valence-corrected chi connectivity index (χ4v) is 2.57. The van der Waals surface area contributed by atoms with Gasteiger partial charge < -0.3 is 5.32 Å². The van der Waals surface area contributed by atoms with E-state index in [1.54, 1.807) is 0 Å². The highest BCUT2D eigenvalue weighted by Crippen LogP contribution is 2.21. The minimum atomic E-state index is -0.155. The molecule has 0 atom stereocenters. The zero-order valence-corrected chi connectivity index (χ0v) is 11.8. The Labute approximate surface area is 111 Å². The summed E-state index contributed by atoms with van der Waals surface area (Å²) in [5.74, 6) is -0.155. The number of thiophene rings is 1. The first kappa shape index (κ1) is 13.9. The average molecular weight is 271 g/mol. The quantitative estimate of drug-likeness (QED) is 0.579. The van der Waals surface area contributed by atoms with E-state index in [2.05, 4.69) is 23.1 Å². The Hall–Kier alpha value is -1.14. The lowest BCUT2D eigenvalue weighted by Gasteiger charge is -2.08. The van der Waals surface area contributed by atoms with Crippen molar-refractivity contribution in [2.24, 2.45) is 0 Å². The summed E-state index contributed by atoms with van der Waals surface area (Å²) in [5, 5.41) is 3.31. The van der Waals surface area contributed by atoms with E-state index in [0.29, 0.717) is 9.99 Å². The van der Waals surface area contributed by atoms with Crippen LogP contribution in [0.5, 0.6) is 0 Å². The van der Waals surface area contributed by atoms with Crippen molar-refractivity contribution in [1.82, 2.24) is 16.2 Å². The average Bonchev–Trinajstić information content (AvgIpc) is 2.68. The molecule has 0 saturated heterocycles. The van der Waals surface area contributed by atoms with Crippen LogP contribution in [0.3, 0.4) is 0 Å². The van der Waals surface area contributed by atoms with E-state index in [1.807, 2.05) is 19.9 Å². The van der Waals surface area contributed by atoms with Crippen LogP contribution in [0.25, 0.3) is 0 Å². The van der Waals surface area contributed by atoms with Crippen LogP contribution in [0, 0.1) is 6.92 Å². The molecule has 0 radical (unpaired) electrons. The summed E-state index contributed by atoms with van der Waals surface area (Å²) in [6, 6.07) is 1.90. The van der Waals surface area contributed by atoms with E-state index in [0.717, 1.165) is 18.5 Å². The number of hydrogen-bond donors (Lipinski definition) is 3. The minimum Gasteiger partial charge on any atom is -0.362 e. The lowest BCUT2D eigenvalue weighted by Crippen LogP contribution is -2.46. The molecule has 0 aliphatic rings. The fraction of sp³-hybridized carbons (Fsp3) is 0.455. The Balaban J connectivity index is 2.55. The molecule has 1 heterocycles. The lowest BCUT2D eigenvalue weighted by atomic mass is 10.2. The molecule has 0 fully saturated rings. The minimum absolute atomic E-state index is 0.155. The maximum atomic E-state index is 11.8. The summed E-state index contributed by atoms with van der Waals surface area (Å²) in [6.07, 6.45) is 0.951. The van der Waals surface area contributed by atoms with E-state index in [4.69, 9.17) is 12.2 Å². The summed E-state index contributed by atoms with van der Waals surface area (Å²) >= 11 is 6.46. The molecule has 0 unspecified atom stereocenters. The van der Waals surface area contributed by atoms with Crippen LogP contribution in [-0.4, -0.2) is 17.6 Å². The standard InChI is InChI=1S/C11H17N3OS2/c1-4-8-7(3)6-9(17-8)10(15)13-14-11(16)12-5-2/h6H,4-5H2,1-3H3,(H,13,15)(H2,12,14,16). The molecule has 17 heavy (non-hydrogen) atoms. The maximum absolute atomic E-state index is 11.8. The smallest absolute Gasteiger partial charge is 0.279 e. The fourth-order valence-electron chi connectivity index (χ4n) is 1.36. The van der Waals surface area contributed by atoms with Gasteiger partial charge >= 0.3 is 0 Å². The van der Waals surface area contributed by atoms with Gasteiger partial charge in [-0.3, -0.25) is 15.6 Å². The summed E-state index contributed by atoms with van der Waals surface area (Å²) in [5.41, 5.74) is 6.39. The van der Waals surface area contributed by atoms with Gasteiger partial charge in [0.2, 0.25) is 0 Å². The van der Waals surface area contributed by atoms with Crippen LogP contribution in [0.4, 0.5) is 0 Å². The number of carbonyl (C=O) groups excluding carboxylic acids is 1. The molecular weight excluding hydrogens is 254 g/mol. The molecule has 4 nitrogen and oxygen atoms in total. The predicted octanol–water partition coefficient (Wildman–Crippen LogP) is 1.75. The molecule has 0 spiro atoms. The number of nitrogens with one attached hydrogen (secondary N) is 3. The first-order valence-corrected chi connectivity index (χ1v) is 6.74. The lowest BCUT2D eigenvalue weighted by molar-refractivity contribution is 0.0947. The van der Waals surface area contributed by atoms with E-state index in [9.17, 15) is 4.79 Å². The second-order valence-electron chi connectivity index (χ2n) is 3.51. The van der Waals surface area contributed by atoms with Gasteiger partial charge in [0.05, 0.1) is 4.88 Å². The first-order chi connectivity index (χ1) is 8.08. The van der Waals surface area contributed by atoms with Crippen molar-refractivity contribution < 1.29 is 4.79 Å². The van der Waals surface area contributed by atoms with Crippen molar-refractivity contribution in [2.75, 3.05) is 6.54 Å². The topological polar surface area (TPSA) is 53.2 Å². The molecule has 6 heteroatoms. The summed E-state index contributed by atoms with van der Waals surface area (Å²) in [7, 11) is 0. The van der Waals surface area contributed by atoms with Crippen molar-refractivity contribution in [1.29, 1.82) is 0 Å². The number of hydrazine groups is 1. The Bertz CT molecular complexity index is 415. The molecule has 1 rings (SSSR count). The number of amides is 1. The summed E-state index contributed by atoms with van der Waals surface area (Å²) in [4.78, 5) is 13.7. The van der Waals surface area contributed by atoms with Crippen molar-refractivity contribution >= 4 is 34.6 Å². The molecule has 0 aliphatic carbocycles. The van der Waals surface area contributed by atoms with Crippen molar-refractivity contribution in [3.05, 3.63) is 21.4 Å². The van der Waals surface area contributed by atoms with Crippen molar-refractivity contribution in [2.45, 2.75) is 27.2 Å². The monoisotopic (exact) mass is 271 g/mol. The molecule has 0 bridgehead atoms.